The summed E-state index contributed by atoms with van der Waals surface area (Å²) >= 11 is 0. The number of rotatable bonds is 2. The predicted octanol–water partition coefficient (Wildman–Crippen LogP) is 1.98. The second-order valence-electron chi connectivity index (χ2n) is 5.52. The van der Waals surface area contributed by atoms with Gasteiger partial charge in [-0.3, -0.25) is 15.0 Å². The van der Waals surface area contributed by atoms with Crippen molar-refractivity contribution in [2.45, 2.75) is 19.8 Å². The molecule has 0 bridgehead atoms. The largest absolute Gasteiger partial charge is 0.372 e. The molecule has 1 aromatic rings. The van der Waals surface area contributed by atoms with Gasteiger partial charge in [0.05, 0.1) is 5.92 Å². The summed E-state index contributed by atoms with van der Waals surface area (Å²) in [5.74, 6) is -0.370. The first kappa shape index (κ1) is 13.0. The highest BCUT2D eigenvalue weighted by Crippen LogP contribution is 2.25. The number of urea groups is 1. The van der Waals surface area contributed by atoms with Crippen molar-refractivity contribution < 1.29 is 9.59 Å². The molecular weight excluding hydrogens is 254 g/mol. The molecule has 2 heterocycles. The van der Waals surface area contributed by atoms with Gasteiger partial charge in [0.15, 0.2) is 0 Å². The number of imide groups is 1. The van der Waals surface area contributed by atoms with Crippen LogP contribution < -0.4 is 15.1 Å². The van der Waals surface area contributed by atoms with Crippen LogP contribution in [0.2, 0.25) is 0 Å². The molecule has 3 rings (SSSR count). The molecule has 1 unspecified atom stereocenters. The summed E-state index contributed by atoms with van der Waals surface area (Å²) < 4.78 is 0. The standard InChI is InChI=1S/C15H19N3O2/c1-11-10-18(15(20)16-14(11)19)13-6-4-12(5-7-13)17-8-2-3-9-17/h4-7,11H,2-3,8-10H2,1H3,(H,16,19,20). The van der Waals surface area contributed by atoms with Crippen LogP contribution in [0.25, 0.3) is 0 Å². The molecule has 0 aliphatic carbocycles. The summed E-state index contributed by atoms with van der Waals surface area (Å²) in [5.41, 5.74) is 2.04. The molecule has 2 aliphatic heterocycles. The van der Waals surface area contributed by atoms with Crippen LogP contribution in [-0.4, -0.2) is 31.6 Å². The second-order valence-corrected chi connectivity index (χ2v) is 5.52. The second kappa shape index (κ2) is 5.15. The minimum Gasteiger partial charge on any atom is -0.372 e. The third-order valence-electron chi connectivity index (χ3n) is 4.01. The minimum absolute atomic E-state index is 0.175. The van der Waals surface area contributed by atoms with Gasteiger partial charge in [-0.1, -0.05) is 6.92 Å². The van der Waals surface area contributed by atoms with Crippen molar-refractivity contribution in [1.82, 2.24) is 5.32 Å². The van der Waals surface area contributed by atoms with Crippen LogP contribution in [0.4, 0.5) is 16.2 Å². The van der Waals surface area contributed by atoms with Crippen LogP contribution in [0.1, 0.15) is 19.8 Å². The molecule has 0 saturated carbocycles. The topological polar surface area (TPSA) is 52.6 Å². The number of carbonyl (C=O) groups excluding carboxylic acids is 2. The lowest BCUT2D eigenvalue weighted by Gasteiger charge is -2.30. The van der Waals surface area contributed by atoms with Crippen LogP contribution in [0, 0.1) is 5.92 Å². The predicted molar refractivity (Wildman–Crippen MR) is 77.9 cm³/mol. The highest BCUT2D eigenvalue weighted by atomic mass is 16.2. The van der Waals surface area contributed by atoms with Gasteiger partial charge in [-0.25, -0.2) is 4.79 Å². The van der Waals surface area contributed by atoms with E-state index < -0.39 is 0 Å². The Labute approximate surface area is 118 Å². The Balaban J connectivity index is 1.76. The molecule has 5 nitrogen and oxygen atoms in total. The van der Waals surface area contributed by atoms with Crippen molar-refractivity contribution in [2.24, 2.45) is 5.92 Å². The van der Waals surface area contributed by atoms with Crippen molar-refractivity contribution in [3.8, 4) is 0 Å². The summed E-state index contributed by atoms with van der Waals surface area (Å²) in [6, 6.07) is 7.68. The van der Waals surface area contributed by atoms with Crippen molar-refractivity contribution >= 4 is 23.3 Å². The maximum Gasteiger partial charge on any atom is 0.328 e. The van der Waals surface area contributed by atoms with E-state index >= 15 is 0 Å². The number of hydrogen-bond donors (Lipinski definition) is 1. The molecule has 20 heavy (non-hydrogen) atoms. The Hall–Kier alpha value is -2.04. The van der Waals surface area contributed by atoms with Crippen LogP contribution in [0.15, 0.2) is 24.3 Å². The van der Waals surface area contributed by atoms with Crippen molar-refractivity contribution in [3.63, 3.8) is 0 Å². The normalized spacial score (nSPS) is 23.1. The molecule has 0 spiro atoms. The van der Waals surface area contributed by atoms with E-state index in [9.17, 15) is 9.59 Å². The van der Waals surface area contributed by atoms with Crippen LogP contribution in [-0.2, 0) is 4.79 Å². The zero-order valence-electron chi connectivity index (χ0n) is 11.6. The average Bonchev–Trinajstić information content (AvgIpc) is 2.97. The summed E-state index contributed by atoms with van der Waals surface area (Å²) in [7, 11) is 0. The van der Waals surface area contributed by atoms with E-state index in [-0.39, 0.29) is 17.9 Å². The number of nitrogens with zero attached hydrogens (tertiary/aromatic N) is 2. The molecule has 3 amide bonds. The monoisotopic (exact) mass is 273 g/mol. The fourth-order valence-electron chi connectivity index (χ4n) is 2.78. The van der Waals surface area contributed by atoms with E-state index in [1.807, 2.05) is 19.1 Å². The molecule has 0 radical (unpaired) electrons. The van der Waals surface area contributed by atoms with Gasteiger partial charge in [0.2, 0.25) is 5.91 Å². The van der Waals surface area contributed by atoms with E-state index in [0.29, 0.717) is 6.54 Å². The Morgan fingerprint density at radius 2 is 1.65 bits per heavy atom. The third-order valence-corrected chi connectivity index (χ3v) is 4.01. The van der Waals surface area contributed by atoms with E-state index in [4.69, 9.17) is 0 Å². The summed E-state index contributed by atoms with van der Waals surface area (Å²) in [6.07, 6.45) is 2.49. The van der Waals surface area contributed by atoms with Gasteiger partial charge in [0, 0.05) is 31.0 Å². The fraction of sp³-hybridized carbons (Fsp3) is 0.467. The summed E-state index contributed by atoms with van der Waals surface area (Å²) in [6.45, 7) is 4.48. The molecule has 2 saturated heterocycles. The average molecular weight is 273 g/mol. The van der Waals surface area contributed by atoms with Gasteiger partial charge >= 0.3 is 6.03 Å². The highest BCUT2D eigenvalue weighted by Gasteiger charge is 2.30. The zero-order valence-corrected chi connectivity index (χ0v) is 11.6. The molecule has 106 valence electrons. The van der Waals surface area contributed by atoms with Crippen molar-refractivity contribution in [1.29, 1.82) is 0 Å². The highest BCUT2D eigenvalue weighted by molar-refractivity contribution is 6.06. The van der Waals surface area contributed by atoms with Crippen molar-refractivity contribution in [2.75, 3.05) is 29.4 Å². The number of amides is 3. The lowest BCUT2D eigenvalue weighted by molar-refractivity contribution is -0.123. The number of nitrogens with one attached hydrogen (secondary N) is 1. The quantitative estimate of drug-likeness (QED) is 0.896. The minimum atomic E-state index is -0.331. The maximum absolute atomic E-state index is 11.9. The number of hydrogen-bond acceptors (Lipinski definition) is 3. The molecule has 5 heteroatoms. The van der Waals surface area contributed by atoms with Gasteiger partial charge in [0.25, 0.3) is 0 Å². The number of benzene rings is 1. The Morgan fingerprint density at radius 1 is 1.05 bits per heavy atom. The van der Waals surface area contributed by atoms with Crippen LogP contribution in [0.3, 0.4) is 0 Å². The maximum atomic E-state index is 11.9. The van der Waals surface area contributed by atoms with Gasteiger partial charge in [-0.2, -0.15) is 0 Å². The van der Waals surface area contributed by atoms with E-state index in [1.54, 1.807) is 4.90 Å². The summed E-state index contributed by atoms with van der Waals surface area (Å²) in [4.78, 5) is 27.3. The number of carbonyl (C=O) groups is 2. The molecule has 1 N–H and O–H groups in total. The third kappa shape index (κ3) is 2.35. The van der Waals surface area contributed by atoms with E-state index in [0.717, 1.165) is 18.8 Å². The smallest absolute Gasteiger partial charge is 0.328 e. The van der Waals surface area contributed by atoms with Crippen LogP contribution in [0.5, 0.6) is 0 Å². The molecule has 1 atom stereocenters. The van der Waals surface area contributed by atoms with Gasteiger partial charge in [0.1, 0.15) is 0 Å². The first-order chi connectivity index (χ1) is 9.65. The molecule has 2 fully saturated rings. The number of anilines is 2. The molecule has 1 aromatic carbocycles. The van der Waals surface area contributed by atoms with Gasteiger partial charge in [-0.05, 0) is 37.1 Å². The lowest BCUT2D eigenvalue weighted by Crippen LogP contribution is -2.53. The Morgan fingerprint density at radius 3 is 2.30 bits per heavy atom. The Bertz CT molecular complexity index is 520. The van der Waals surface area contributed by atoms with Crippen molar-refractivity contribution in [3.05, 3.63) is 24.3 Å². The van der Waals surface area contributed by atoms with E-state index in [1.165, 1.54) is 18.5 Å². The molecular formula is C15H19N3O2. The van der Waals surface area contributed by atoms with Gasteiger partial charge in [-0.15, -0.1) is 0 Å². The first-order valence-corrected chi connectivity index (χ1v) is 7.12. The fourth-order valence-corrected chi connectivity index (χ4v) is 2.78. The molecule has 0 aromatic heterocycles. The zero-order chi connectivity index (χ0) is 14.1. The first-order valence-electron chi connectivity index (χ1n) is 7.12. The van der Waals surface area contributed by atoms with E-state index in [2.05, 4.69) is 22.3 Å². The SMILES string of the molecule is CC1CN(c2ccc(N3CCCC3)cc2)C(=O)NC1=O. The van der Waals surface area contributed by atoms with Gasteiger partial charge < -0.3 is 4.90 Å². The molecule has 2 aliphatic rings. The summed E-state index contributed by atoms with van der Waals surface area (Å²) in [5, 5.41) is 2.38. The Kier molecular flexibility index (Phi) is 3.34. The van der Waals surface area contributed by atoms with Crippen LogP contribution >= 0.6 is 0 Å². The lowest BCUT2D eigenvalue weighted by atomic mass is 10.1.